The first kappa shape index (κ1) is 24.4. The number of thioether (sulfide) groups is 1. The summed E-state index contributed by atoms with van der Waals surface area (Å²) in [6.45, 7) is 2.96. The van der Waals surface area contributed by atoms with E-state index >= 15 is 0 Å². The number of aromatic nitrogens is 2. The number of carbonyl (C=O) groups excluding carboxylic acids is 3. The van der Waals surface area contributed by atoms with Gasteiger partial charge in [-0.2, -0.15) is 11.8 Å². The Balaban J connectivity index is 2.78. The average Bonchev–Trinajstić information content (AvgIpc) is 3.16. The first-order chi connectivity index (χ1) is 13.6. The van der Waals surface area contributed by atoms with Gasteiger partial charge in [0.1, 0.15) is 18.1 Å². The number of hydrogen-bond donors (Lipinski definition) is 6. The minimum Gasteiger partial charge on any atom is -0.480 e. The lowest BCUT2D eigenvalue weighted by molar-refractivity contribution is -0.142. The number of carboxylic acid groups (broad SMARTS) is 1. The van der Waals surface area contributed by atoms with Crippen molar-refractivity contribution in [3.8, 4) is 0 Å². The first-order valence-corrected chi connectivity index (χ1v) is 10.4. The summed E-state index contributed by atoms with van der Waals surface area (Å²) in [4.78, 5) is 54.8. The quantitative estimate of drug-likeness (QED) is 0.235. The van der Waals surface area contributed by atoms with Gasteiger partial charge < -0.3 is 31.8 Å². The summed E-state index contributed by atoms with van der Waals surface area (Å²) in [5.41, 5.74) is 6.02. The highest BCUT2D eigenvalue weighted by molar-refractivity contribution is 7.98. The Morgan fingerprint density at radius 1 is 1.14 bits per heavy atom. The van der Waals surface area contributed by atoms with Crippen LogP contribution in [0.25, 0.3) is 0 Å². The molecule has 1 aromatic heterocycles. The maximum absolute atomic E-state index is 12.6. The normalized spacial score (nSPS) is 14.9. The third kappa shape index (κ3) is 8.52. The summed E-state index contributed by atoms with van der Waals surface area (Å²) < 4.78 is 0. The molecule has 162 valence electrons. The lowest BCUT2D eigenvalue weighted by atomic mass is 10.1. The first-order valence-electron chi connectivity index (χ1n) is 9.01. The maximum Gasteiger partial charge on any atom is 0.326 e. The van der Waals surface area contributed by atoms with Crippen LogP contribution in [0.5, 0.6) is 0 Å². The van der Waals surface area contributed by atoms with Crippen LogP contribution in [-0.4, -0.2) is 74.9 Å². The van der Waals surface area contributed by atoms with Gasteiger partial charge >= 0.3 is 5.97 Å². The summed E-state index contributed by atoms with van der Waals surface area (Å²) >= 11 is 1.48. The molecule has 0 aromatic carbocycles. The second kappa shape index (κ2) is 12.1. The molecule has 0 fully saturated rings. The van der Waals surface area contributed by atoms with Crippen molar-refractivity contribution in [1.29, 1.82) is 0 Å². The molecular formula is C17H28N6O5S. The highest BCUT2D eigenvalue weighted by Gasteiger charge is 2.28. The SMILES string of the molecule is CSCCC(NC(=O)C(C)NC(=O)C(C)N)C(=O)NC(Cc1cnc[nH]1)C(=O)O. The molecular weight excluding hydrogens is 400 g/mol. The molecule has 0 radical (unpaired) electrons. The molecule has 3 amide bonds. The molecule has 12 heteroatoms. The highest BCUT2D eigenvalue weighted by atomic mass is 32.2. The fraction of sp³-hybridized carbons (Fsp3) is 0.588. The Kier molecular flexibility index (Phi) is 10.2. The van der Waals surface area contributed by atoms with Gasteiger partial charge in [0.2, 0.25) is 17.7 Å². The van der Waals surface area contributed by atoms with Crippen molar-refractivity contribution in [1.82, 2.24) is 25.9 Å². The molecule has 11 nitrogen and oxygen atoms in total. The standard InChI is InChI=1S/C17H28N6O5S/c1-9(18)14(24)21-10(2)15(25)22-12(4-5-29-3)16(26)23-13(17(27)28)6-11-7-19-8-20-11/h7-10,12-13H,4-6,18H2,1-3H3,(H,19,20)(H,21,24)(H,22,25)(H,23,26)(H,27,28). The molecule has 7 N–H and O–H groups in total. The number of imidazole rings is 1. The zero-order chi connectivity index (χ0) is 22.0. The van der Waals surface area contributed by atoms with E-state index in [9.17, 15) is 24.3 Å². The Hall–Kier alpha value is -2.60. The van der Waals surface area contributed by atoms with Crippen LogP contribution in [0.15, 0.2) is 12.5 Å². The number of nitrogens with two attached hydrogens (primary N) is 1. The van der Waals surface area contributed by atoms with Gasteiger partial charge in [0.25, 0.3) is 0 Å². The van der Waals surface area contributed by atoms with E-state index in [2.05, 4.69) is 25.9 Å². The van der Waals surface area contributed by atoms with Gasteiger partial charge in [-0.25, -0.2) is 9.78 Å². The summed E-state index contributed by atoms with van der Waals surface area (Å²) in [5.74, 6) is -2.33. The third-order valence-corrected chi connectivity index (χ3v) is 4.65. The molecule has 29 heavy (non-hydrogen) atoms. The van der Waals surface area contributed by atoms with E-state index in [4.69, 9.17) is 5.73 Å². The van der Waals surface area contributed by atoms with Gasteiger partial charge in [-0.3, -0.25) is 14.4 Å². The van der Waals surface area contributed by atoms with Crippen LogP contribution in [0.2, 0.25) is 0 Å². The van der Waals surface area contributed by atoms with Crippen LogP contribution in [0.1, 0.15) is 26.0 Å². The maximum atomic E-state index is 12.6. The number of aliphatic carboxylic acids is 1. The van der Waals surface area contributed by atoms with Crippen LogP contribution >= 0.6 is 11.8 Å². The molecule has 0 aliphatic heterocycles. The highest BCUT2D eigenvalue weighted by Crippen LogP contribution is 2.05. The second-order valence-corrected chi connectivity index (χ2v) is 7.53. The molecule has 4 atom stereocenters. The number of carboxylic acids is 1. The van der Waals surface area contributed by atoms with E-state index in [0.29, 0.717) is 17.9 Å². The summed E-state index contributed by atoms with van der Waals surface area (Å²) in [7, 11) is 0. The topological polar surface area (TPSA) is 179 Å². The van der Waals surface area contributed by atoms with Crippen LogP contribution < -0.4 is 21.7 Å². The number of H-pyrrole nitrogens is 1. The minimum atomic E-state index is -1.21. The lowest BCUT2D eigenvalue weighted by Gasteiger charge is -2.23. The van der Waals surface area contributed by atoms with Gasteiger partial charge in [0, 0.05) is 18.3 Å². The van der Waals surface area contributed by atoms with Gasteiger partial charge in [0.05, 0.1) is 12.4 Å². The Morgan fingerprint density at radius 2 is 1.79 bits per heavy atom. The zero-order valence-corrected chi connectivity index (χ0v) is 17.4. The van der Waals surface area contributed by atoms with E-state index in [-0.39, 0.29) is 6.42 Å². The Bertz CT molecular complexity index is 696. The molecule has 0 saturated carbocycles. The van der Waals surface area contributed by atoms with Crippen molar-refractivity contribution in [2.75, 3.05) is 12.0 Å². The van der Waals surface area contributed by atoms with Gasteiger partial charge in [-0.1, -0.05) is 0 Å². The van der Waals surface area contributed by atoms with E-state index < -0.39 is 47.9 Å². The van der Waals surface area contributed by atoms with Crippen molar-refractivity contribution < 1.29 is 24.3 Å². The predicted octanol–water partition coefficient (Wildman–Crippen LogP) is -1.39. The van der Waals surface area contributed by atoms with E-state index in [0.717, 1.165) is 0 Å². The van der Waals surface area contributed by atoms with Crippen molar-refractivity contribution in [2.24, 2.45) is 5.73 Å². The molecule has 0 spiro atoms. The molecule has 0 aliphatic carbocycles. The summed E-state index contributed by atoms with van der Waals surface area (Å²) in [6.07, 6.45) is 5.04. The van der Waals surface area contributed by atoms with Crippen molar-refractivity contribution in [2.45, 2.75) is 50.9 Å². The Labute approximate surface area is 173 Å². The van der Waals surface area contributed by atoms with Gasteiger partial charge in [-0.15, -0.1) is 0 Å². The number of amides is 3. The zero-order valence-electron chi connectivity index (χ0n) is 16.6. The van der Waals surface area contributed by atoms with Crippen molar-refractivity contribution in [3.05, 3.63) is 18.2 Å². The van der Waals surface area contributed by atoms with E-state index in [1.54, 1.807) is 0 Å². The fourth-order valence-electron chi connectivity index (χ4n) is 2.30. The van der Waals surface area contributed by atoms with Crippen LogP contribution in [0.3, 0.4) is 0 Å². The predicted molar refractivity (Wildman–Crippen MR) is 108 cm³/mol. The monoisotopic (exact) mass is 428 g/mol. The van der Waals surface area contributed by atoms with Crippen LogP contribution in [0.4, 0.5) is 0 Å². The van der Waals surface area contributed by atoms with Crippen LogP contribution in [0, 0.1) is 0 Å². The summed E-state index contributed by atoms with van der Waals surface area (Å²) in [5, 5.41) is 16.9. The smallest absolute Gasteiger partial charge is 0.326 e. The molecule has 1 rings (SSSR count). The average molecular weight is 429 g/mol. The van der Waals surface area contributed by atoms with Crippen molar-refractivity contribution >= 4 is 35.5 Å². The second-order valence-electron chi connectivity index (χ2n) is 6.54. The van der Waals surface area contributed by atoms with Crippen LogP contribution in [-0.2, 0) is 25.6 Å². The van der Waals surface area contributed by atoms with Crippen molar-refractivity contribution in [3.63, 3.8) is 0 Å². The molecule has 1 heterocycles. The fourth-order valence-corrected chi connectivity index (χ4v) is 2.77. The van der Waals surface area contributed by atoms with E-state index in [1.165, 1.54) is 38.1 Å². The third-order valence-electron chi connectivity index (χ3n) is 4.00. The molecule has 4 unspecified atom stereocenters. The number of hydrogen-bond acceptors (Lipinski definition) is 7. The number of nitrogens with zero attached hydrogens (tertiary/aromatic N) is 1. The molecule has 0 saturated heterocycles. The number of nitrogens with one attached hydrogen (secondary N) is 4. The minimum absolute atomic E-state index is 0.0190. The number of carbonyl (C=O) groups is 4. The molecule has 0 aliphatic rings. The summed E-state index contributed by atoms with van der Waals surface area (Å²) in [6, 6.07) is -3.82. The van der Waals surface area contributed by atoms with Gasteiger partial charge in [0.15, 0.2) is 0 Å². The molecule has 1 aromatic rings. The lowest BCUT2D eigenvalue weighted by Crippen LogP contribution is -2.56. The number of aromatic amines is 1. The largest absolute Gasteiger partial charge is 0.480 e. The Morgan fingerprint density at radius 3 is 2.31 bits per heavy atom. The number of rotatable bonds is 12. The molecule has 0 bridgehead atoms. The van der Waals surface area contributed by atoms with Gasteiger partial charge in [-0.05, 0) is 32.3 Å². The van der Waals surface area contributed by atoms with E-state index in [1.807, 2.05) is 6.26 Å².